The standard InChI is InChI=1S/C19H23BrN2O3/c1-12(13-6-4-5-9-16(13)20)21-17(23)10-11-22-18(24)14-7-2-3-8-15(14)19(22)25/h4-6,9,12,14-15H,2-3,7-8,10-11H2,1H3,(H,21,23)/t12-,14-,15+/m1/s1. The summed E-state index contributed by atoms with van der Waals surface area (Å²) in [5.41, 5.74) is 0.996. The summed E-state index contributed by atoms with van der Waals surface area (Å²) >= 11 is 3.48. The van der Waals surface area contributed by atoms with Crippen molar-refractivity contribution in [3.05, 3.63) is 34.3 Å². The third-order valence-electron chi connectivity index (χ3n) is 5.24. The van der Waals surface area contributed by atoms with Crippen molar-refractivity contribution < 1.29 is 14.4 Å². The van der Waals surface area contributed by atoms with E-state index in [2.05, 4.69) is 21.2 Å². The van der Waals surface area contributed by atoms with Crippen molar-refractivity contribution in [2.45, 2.75) is 45.1 Å². The molecule has 1 N–H and O–H groups in total. The van der Waals surface area contributed by atoms with Gasteiger partial charge in [-0.2, -0.15) is 0 Å². The van der Waals surface area contributed by atoms with E-state index in [1.807, 2.05) is 31.2 Å². The van der Waals surface area contributed by atoms with Crippen LogP contribution in [0.5, 0.6) is 0 Å². The summed E-state index contributed by atoms with van der Waals surface area (Å²) in [4.78, 5) is 38.4. The summed E-state index contributed by atoms with van der Waals surface area (Å²) in [7, 11) is 0. The van der Waals surface area contributed by atoms with Crippen molar-refractivity contribution in [2.24, 2.45) is 11.8 Å². The van der Waals surface area contributed by atoms with Gasteiger partial charge in [0.15, 0.2) is 0 Å². The number of nitrogens with one attached hydrogen (secondary N) is 1. The lowest BCUT2D eigenvalue weighted by Crippen LogP contribution is -2.36. The molecule has 3 rings (SSSR count). The van der Waals surface area contributed by atoms with Crippen LogP contribution in [0, 0.1) is 11.8 Å². The number of rotatable bonds is 5. The molecule has 25 heavy (non-hydrogen) atoms. The third kappa shape index (κ3) is 3.78. The van der Waals surface area contributed by atoms with E-state index in [4.69, 9.17) is 0 Å². The number of halogens is 1. The van der Waals surface area contributed by atoms with Gasteiger partial charge in [-0.1, -0.05) is 47.0 Å². The van der Waals surface area contributed by atoms with E-state index in [0.717, 1.165) is 35.7 Å². The number of hydrogen-bond acceptors (Lipinski definition) is 3. The van der Waals surface area contributed by atoms with Crippen molar-refractivity contribution in [1.29, 1.82) is 0 Å². The molecular formula is C19H23BrN2O3. The van der Waals surface area contributed by atoms with E-state index in [1.54, 1.807) is 0 Å². The van der Waals surface area contributed by atoms with Gasteiger partial charge in [0.05, 0.1) is 17.9 Å². The van der Waals surface area contributed by atoms with Crippen molar-refractivity contribution in [2.75, 3.05) is 6.54 Å². The minimum atomic E-state index is -0.154. The molecule has 0 unspecified atom stereocenters. The first-order chi connectivity index (χ1) is 12.0. The smallest absolute Gasteiger partial charge is 0.233 e. The quantitative estimate of drug-likeness (QED) is 0.763. The van der Waals surface area contributed by atoms with Crippen molar-refractivity contribution in [1.82, 2.24) is 10.2 Å². The van der Waals surface area contributed by atoms with Crippen LogP contribution in [0.4, 0.5) is 0 Å². The lowest BCUT2D eigenvalue weighted by molar-refractivity contribution is -0.140. The molecule has 2 fully saturated rings. The molecule has 1 heterocycles. The maximum atomic E-state index is 12.4. The zero-order chi connectivity index (χ0) is 18.0. The number of benzene rings is 1. The lowest BCUT2D eigenvalue weighted by atomic mass is 9.81. The lowest BCUT2D eigenvalue weighted by Gasteiger charge is -2.19. The van der Waals surface area contributed by atoms with Gasteiger partial charge in [0.1, 0.15) is 0 Å². The maximum Gasteiger partial charge on any atom is 0.233 e. The molecule has 1 saturated carbocycles. The fourth-order valence-electron chi connectivity index (χ4n) is 3.88. The molecule has 6 heteroatoms. The van der Waals surface area contributed by atoms with E-state index in [1.165, 1.54) is 4.90 Å². The van der Waals surface area contributed by atoms with Gasteiger partial charge < -0.3 is 5.32 Å². The highest BCUT2D eigenvalue weighted by atomic mass is 79.9. The first-order valence-electron chi connectivity index (χ1n) is 8.88. The third-order valence-corrected chi connectivity index (χ3v) is 5.97. The number of amides is 3. The van der Waals surface area contributed by atoms with Crippen LogP contribution < -0.4 is 5.32 Å². The molecule has 2 aliphatic rings. The van der Waals surface area contributed by atoms with Gasteiger partial charge in [0.25, 0.3) is 0 Å². The number of imide groups is 1. The number of fused-ring (bicyclic) bond motifs is 1. The molecule has 1 aromatic carbocycles. The summed E-state index contributed by atoms with van der Waals surface area (Å²) in [6.45, 7) is 2.10. The highest BCUT2D eigenvalue weighted by Crippen LogP contribution is 2.38. The molecule has 3 atom stereocenters. The predicted octanol–water partition coefficient (Wildman–Crippen LogP) is 3.19. The Morgan fingerprint density at radius 3 is 2.40 bits per heavy atom. The zero-order valence-corrected chi connectivity index (χ0v) is 15.9. The minimum Gasteiger partial charge on any atom is -0.349 e. The van der Waals surface area contributed by atoms with E-state index in [9.17, 15) is 14.4 Å². The Kier molecular flexibility index (Phi) is 5.57. The summed E-state index contributed by atoms with van der Waals surface area (Å²) in [5, 5.41) is 2.94. The second kappa shape index (κ2) is 7.68. The normalized spacial score (nSPS) is 24.2. The second-order valence-corrected chi connectivity index (χ2v) is 7.74. The number of carbonyl (C=O) groups is 3. The second-order valence-electron chi connectivity index (χ2n) is 6.89. The Hall–Kier alpha value is -1.69. The highest BCUT2D eigenvalue weighted by Gasteiger charge is 2.47. The van der Waals surface area contributed by atoms with Gasteiger partial charge in [0, 0.05) is 17.4 Å². The monoisotopic (exact) mass is 406 g/mol. The van der Waals surface area contributed by atoms with Crippen LogP contribution in [-0.2, 0) is 14.4 Å². The number of hydrogen-bond donors (Lipinski definition) is 1. The van der Waals surface area contributed by atoms with E-state index >= 15 is 0 Å². The zero-order valence-electron chi connectivity index (χ0n) is 14.3. The van der Waals surface area contributed by atoms with Crippen LogP contribution in [0.3, 0.4) is 0 Å². The molecule has 1 aliphatic carbocycles. The van der Waals surface area contributed by atoms with E-state index in [-0.39, 0.29) is 48.6 Å². The first kappa shape index (κ1) is 18.1. The van der Waals surface area contributed by atoms with E-state index < -0.39 is 0 Å². The van der Waals surface area contributed by atoms with Crippen molar-refractivity contribution in [3.63, 3.8) is 0 Å². The Labute approximate surface area is 156 Å². The molecule has 0 spiro atoms. The SMILES string of the molecule is C[C@@H](NC(=O)CCN1C(=O)[C@H]2CCCC[C@H]2C1=O)c1ccccc1Br. The Bertz CT molecular complexity index is 667. The average Bonchev–Trinajstić information content (AvgIpc) is 2.85. The van der Waals surface area contributed by atoms with Gasteiger partial charge in [-0.05, 0) is 31.4 Å². The molecule has 0 radical (unpaired) electrons. The van der Waals surface area contributed by atoms with Gasteiger partial charge in [-0.25, -0.2) is 0 Å². The van der Waals surface area contributed by atoms with Gasteiger partial charge >= 0.3 is 0 Å². The van der Waals surface area contributed by atoms with Gasteiger partial charge in [-0.3, -0.25) is 19.3 Å². The highest BCUT2D eigenvalue weighted by molar-refractivity contribution is 9.10. The summed E-state index contributed by atoms with van der Waals surface area (Å²) < 4.78 is 0.941. The number of nitrogens with zero attached hydrogens (tertiary/aromatic N) is 1. The average molecular weight is 407 g/mol. The molecule has 1 aromatic rings. The number of carbonyl (C=O) groups excluding carboxylic acids is 3. The minimum absolute atomic E-state index is 0.0821. The maximum absolute atomic E-state index is 12.4. The molecule has 1 saturated heterocycles. The Morgan fingerprint density at radius 1 is 1.20 bits per heavy atom. The van der Waals surface area contributed by atoms with Gasteiger partial charge in [-0.15, -0.1) is 0 Å². The van der Waals surface area contributed by atoms with Crippen LogP contribution in [0.25, 0.3) is 0 Å². The fourth-order valence-corrected chi connectivity index (χ4v) is 4.51. The van der Waals surface area contributed by atoms with Crippen molar-refractivity contribution >= 4 is 33.7 Å². The Morgan fingerprint density at radius 2 is 1.80 bits per heavy atom. The molecule has 0 aromatic heterocycles. The van der Waals surface area contributed by atoms with Gasteiger partial charge in [0.2, 0.25) is 17.7 Å². The van der Waals surface area contributed by atoms with Crippen LogP contribution in [-0.4, -0.2) is 29.2 Å². The fraction of sp³-hybridized carbons (Fsp3) is 0.526. The topological polar surface area (TPSA) is 66.5 Å². The van der Waals surface area contributed by atoms with Crippen LogP contribution >= 0.6 is 15.9 Å². The van der Waals surface area contributed by atoms with Crippen LogP contribution in [0.15, 0.2) is 28.7 Å². The molecule has 1 aliphatic heterocycles. The summed E-state index contributed by atoms with van der Waals surface area (Å²) in [5.74, 6) is -0.617. The molecular weight excluding hydrogens is 384 g/mol. The van der Waals surface area contributed by atoms with Crippen LogP contribution in [0.2, 0.25) is 0 Å². The Balaban J connectivity index is 1.55. The number of likely N-dealkylation sites (tertiary alicyclic amines) is 1. The molecule has 134 valence electrons. The first-order valence-corrected chi connectivity index (χ1v) is 9.67. The summed E-state index contributed by atoms with van der Waals surface area (Å²) in [6.07, 6.45) is 3.77. The molecule has 3 amide bonds. The van der Waals surface area contributed by atoms with E-state index in [0.29, 0.717) is 0 Å². The molecule has 0 bridgehead atoms. The van der Waals surface area contributed by atoms with Crippen LogP contribution in [0.1, 0.15) is 50.6 Å². The summed E-state index contributed by atoms with van der Waals surface area (Å²) in [6, 6.07) is 7.59. The largest absolute Gasteiger partial charge is 0.349 e. The van der Waals surface area contributed by atoms with Crippen molar-refractivity contribution in [3.8, 4) is 0 Å². The predicted molar refractivity (Wildman–Crippen MR) is 97.5 cm³/mol. The molecule has 5 nitrogen and oxygen atoms in total.